The zero-order valence-corrected chi connectivity index (χ0v) is 8.29. The Kier molecular flexibility index (Phi) is 29800. The molecule has 0 aromatic heterocycles. The van der Waals surface area contributed by atoms with E-state index in [1.807, 2.05) is 0 Å². The second-order valence-electron chi connectivity index (χ2n) is 0. The summed E-state index contributed by atoms with van der Waals surface area (Å²) in [6, 6.07) is 0. The molecule has 8 heteroatoms. The van der Waals surface area contributed by atoms with Gasteiger partial charge >= 0.3 is 0 Å². The topological polar surface area (TPSA) is 210 Å². The van der Waals surface area contributed by atoms with Crippen LogP contribution in [-0.4, -0.2) is 0 Å². The van der Waals surface area contributed by atoms with E-state index >= 15 is 0 Å². The average Bonchev–Trinajstić information content (AvgIpc) is 0. The van der Waals surface area contributed by atoms with E-state index in [-0.39, 0.29) is 77.4 Å². The van der Waals surface area contributed by atoms with Crippen molar-refractivity contribution in [2.24, 2.45) is 0 Å². The van der Waals surface area contributed by atoms with Gasteiger partial charge in [-0.3, -0.25) is 0 Å². The van der Waals surface area contributed by atoms with Gasteiger partial charge in [0, 0.05) is 16.5 Å². The second kappa shape index (κ2) is 403. The molecule has 6 nitrogen and oxygen atoms in total. The van der Waals surface area contributed by atoms with E-state index in [4.69, 9.17) is 0 Å². The Morgan fingerprint density at radius 1 is 0.375 bits per heavy atom. The molecule has 0 heterocycles. The first kappa shape index (κ1) is 592. The summed E-state index contributed by atoms with van der Waals surface area (Å²) in [4.78, 5) is 0. The summed E-state index contributed by atoms with van der Waals surface area (Å²) in [5.41, 5.74) is 0. The predicted octanol–water partition coefficient (Wildman–Crippen LogP) is 1.59. The van der Waals surface area contributed by atoms with E-state index in [1.54, 1.807) is 0 Å². The van der Waals surface area contributed by atoms with Crippen LogP contribution in [0.4, 0.5) is 0 Å². The van der Waals surface area contributed by atoms with E-state index in [9.17, 15) is 0 Å². The summed E-state index contributed by atoms with van der Waals surface area (Å²) < 4.78 is 0. The van der Waals surface area contributed by atoms with Crippen LogP contribution >= 0.6 is 24.0 Å². The zero-order valence-electron chi connectivity index (χ0n) is 4.97. The van der Waals surface area contributed by atoms with Crippen LogP contribution in [0.2, 0.25) is 0 Å². The standard InChI is InChI=1S/HI.6H3N.Ni/h1H;6*1H3;. The van der Waals surface area contributed by atoms with Crippen molar-refractivity contribution in [1.29, 1.82) is 0 Å². The molecule has 0 bridgehead atoms. The van der Waals surface area contributed by atoms with Crippen LogP contribution < -0.4 is 36.9 Å². The third-order valence-electron chi connectivity index (χ3n) is 0. The Bertz CT molecular complexity index is 8.49. The predicted molar refractivity (Wildman–Crippen MR) is 45.5 cm³/mol. The van der Waals surface area contributed by atoms with Gasteiger partial charge in [0.2, 0.25) is 0 Å². The van der Waals surface area contributed by atoms with Crippen molar-refractivity contribution < 1.29 is 16.5 Å². The van der Waals surface area contributed by atoms with Crippen molar-refractivity contribution in [3.05, 3.63) is 0 Å². The molecule has 18 N–H and O–H groups in total. The normalized spacial score (nSPS) is 0. The average molecular weight is 289 g/mol. The Morgan fingerprint density at radius 2 is 0.375 bits per heavy atom. The van der Waals surface area contributed by atoms with Crippen LogP contribution in [0.1, 0.15) is 0 Å². The Morgan fingerprint density at radius 3 is 0.375 bits per heavy atom. The Hall–Kier alpha value is 0.984. The molecule has 0 saturated carbocycles. The van der Waals surface area contributed by atoms with Crippen molar-refractivity contribution in [2.75, 3.05) is 0 Å². The van der Waals surface area contributed by atoms with E-state index < -0.39 is 0 Å². The maximum atomic E-state index is 0. The third kappa shape index (κ3) is 258. The summed E-state index contributed by atoms with van der Waals surface area (Å²) in [5.74, 6) is 0. The fraction of sp³-hybridized carbons (Fsp3) is 0. The molecule has 0 saturated heterocycles. The SMILES string of the molecule is I.N.N.N.N.N.N.[Ni]. The van der Waals surface area contributed by atoms with Gasteiger partial charge in [0.1, 0.15) is 0 Å². The summed E-state index contributed by atoms with van der Waals surface area (Å²) in [7, 11) is 0. The Labute approximate surface area is 77.4 Å². The molecule has 0 aromatic carbocycles. The van der Waals surface area contributed by atoms with Crippen molar-refractivity contribution in [3.63, 3.8) is 0 Å². The van der Waals surface area contributed by atoms with E-state index in [1.165, 1.54) is 0 Å². The van der Waals surface area contributed by atoms with Gasteiger partial charge in [-0.2, -0.15) is 0 Å². The molecule has 0 aliphatic carbocycles. The van der Waals surface area contributed by atoms with Crippen LogP contribution in [0, 0.1) is 0 Å². The molecule has 0 fully saturated rings. The monoisotopic (exact) mass is 288 g/mol. The molecule has 0 aliphatic heterocycles. The molecule has 0 aromatic rings. The first-order valence-electron chi connectivity index (χ1n) is 0. The van der Waals surface area contributed by atoms with Crippen molar-refractivity contribution in [3.8, 4) is 0 Å². The van der Waals surface area contributed by atoms with Crippen LogP contribution in [0.15, 0.2) is 0 Å². The number of rotatable bonds is 0. The minimum atomic E-state index is 0. The van der Waals surface area contributed by atoms with Gasteiger partial charge in [-0.05, 0) is 0 Å². The van der Waals surface area contributed by atoms with Crippen LogP contribution in [-0.2, 0) is 16.5 Å². The quantitative estimate of drug-likeness (QED) is 0.287. The molecule has 0 unspecified atom stereocenters. The minimum Gasteiger partial charge on any atom is -0.344 e. The molecule has 0 atom stereocenters. The van der Waals surface area contributed by atoms with Gasteiger partial charge in [-0.15, -0.1) is 24.0 Å². The van der Waals surface area contributed by atoms with Gasteiger partial charge in [-0.25, -0.2) is 0 Å². The van der Waals surface area contributed by atoms with Gasteiger partial charge in [0.25, 0.3) is 0 Å². The van der Waals surface area contributed by atoms with E-state index in [0.29, 0.717) is 0 Å². The number of hydrogen-bond acceptors (Lipinski definition) is 6. The molecule has 0 rings (SSSR count). The summed E-state index contributed by atoms with van der Waals surface area (Å²) in [6.07, 6.45) is 0. The van der Waals surface area contributed by atoms with E-state index in [2.05, 4.69) is 0 Å². The zero-order chi connectivity index (χ0) is 0. The summed E-state index contributed by atoms with van der Waals surface area (Å²) in [5, 5.41) is 0. The van der Waals surface area contributed by atoms with Gasteiger partial charge in [0.05, 0.1) is 0 Å². The molecule has 0 radical (unpaired) electrons. The van der Waals surface area contributed by atoms with Gasteiger partial charge in [-0.1, -0.05) is 0 Å². The van der Waals surface area contributed by atoms with Crippen molar-refractivity contribution in [1.82, 2.24) is 36.9 Å². The van der Waals surface area contributed by atoms with Crippen LogP contribution in [0.25, 0.3) is 0 Å². The summed E-state index contributed by atoms with van der Waals surface area (Å²) >= 11 is 0. The number of halogens is 1. The maximum absolute atomic E-state index is 0. The van der Waals surface area contributed by atoms with Crippen LogP contribution in [0.3, 0.4) is 0 Å². The molecule has 66 valence electrons. The first-order valence-corrected chi connectivity index (χ1v) is 0. The van der Waals surface area contributed by atoms with Gasteiger partial charge < -0.3 is 36.9 Å². The van der Waals surface area contributed by atoms with E-state index in [0.717, 1.165) is 0 Å². The second-order valence-corrected chi connectivity index (χ2v) is 0. The smallest absolute Gasteiger partial charge is 0 e. The maximum Gasteiger partial charge on any atom is 0 e. The Balaban J connectivity index is 0. The molecule has 0 aliphatic rings. The van der Waals surface area contributed by atoms with Crippen molar-refractivity contribution >= 4 is 24.0 Å². The first-order chi connectivity index (χ1) is 0. The fourth-order valence-corrected chi connectivity index (χ4v) is 0. The van der Waals surface area contributed by atoms with Crippen LogP contribution in [0.5, 0.6) is 0 Å². The molecular weight excluding hydrogens is 270 g/mol. The summed E-state index contributed by atoms with van der Waals surface area (Å²) in [6.45, 7) is 0. The molecule has 8 heavy (non-hydrogen) atoms. The van der Waals surface area contributed by atoms with Crippen molar-refractivity contribution in [2.45, 2.75) is 0 Å². The third-order valence-corrected chi connectivity index (χ3v) is 0. The molecule has 0 spiro atoms. The molecule has 0 amide bonds. The number of hydrogen-bond donors (Lipinski definition) is 6. The molecular formula is H19IN6Ni. The van der Waals surface area contributed by atoms with Gasteiger partial charge in [0.15, 0.2) is 0 Å². The largest absolute Gasteiger partial charge is 0.344 e. The fourth-order valence-electron chi connectivity index (χ4n) is 0. The minimum absolute atomic E-state index is 0.